The number of methoxy groups -OCH3 is 2. The van der Waals surface area contributed by atoms with Crippen molar-refractivity contribution in [3.05, 3.63) is 69.6 Å². The number of ether oxygens (including phenoxy) is 2. The Balaban J connectivity index is 1.02. The average Bonchev–Trinajstić information content (AvgIpc) is 3.53. The first-order chi connectivity index (χ1) is 21.8. The number of anilines is 2. The number of nitrogens with one attached hydrogen (secondary N) is 1. The van der Waals surface area contributed by atoms with Gasteiger partial charge in [-0.15, -0.1) is 0 Å². The molecule has 0 atom stereocenters. The molecule has 1 N–H and O–H groups in total. The summed E-state index contributed by atoms with van der Waals surface area (Å²) in [6.45, 7) is 5.15. The minimum Gasteiger partial charge on any atom is -0.496 e. The lowest BCUT2D eigenvalue weighted by molar-refractivity contribution is -0.120. The van der Waals surface area contributed by atoms with Crippen LogP contribution in [0.3, 0.4) is 0 Å². The Morgan fingerprint density at radius 2 is 1.56 bits per heavy atom. The number of hydrogen-bond acceptors (Lipinski definition) is 7. The number of carbonyl (C=O) groups is 2. The van der Waals surface area contributed by atoms with E-state index in [2.05, 4.69) is 39.4 Å². The highest BCUT2D eigenvalue weighted by Gasteiger charge is 2.45. The molecular formula is C35H41N5O5. The van der Waals surface area contributed by atoms with Crippen LogP contribution in [-0.2, 0) is 31.2 Å². The van der Waals surface area contributed by atoms with E-state index in [1.165, 1.54) is 0 Å². The molecule has 4 heterocycles. The van der Waals surface area contributed by atoms with E-state index < -0.39 is 0 Å². The number of urea groups is 1. The molecule has 3 aromatic rings. The molecule has 3 aliphatic heterocycles. The smallest absolute Gasteiger partial charge is 0.328 e. The van der Waals surface area contributed by atoms with Gasteiger partial charge in [0.2, 0.25) is 5.91 Å². The Morgan fingerprint density at radius 3 is 2.24 bits per heavy atom. The Kier molecular flexibility index (Phi) is 7.55. The summed E-state index contributed by atoms with van der Waals surface area (Å²) in [7, 11) is 5.26. The Morgan fingerprint density at radius 1 is 0.867 bits per heavy atom. The summed E-state index contributed by atoms with van der Waals surface area (Å²) in [6.07, 6.45) is 7.27. The summed E-state index contributed by atoms with van der Waals surface area (Å²) >= 11 is 0. The monoisotopic (exact) mass is 611 g/mol. The molecule has 2 aromatic carbocycles. The lowest BCUT2D eigenvalue weighted by Gasteiger charge is -2.55. The molecule has 10 heteroatoms. The molecule has 236 valence electrons. The maximum absolute atomic E-state index is 12.7. The number of fused-ring (bicyclic) bond motifs is 1. The van der Waals surface area contributed by atoms with Gasteiger partial charge in [-0.2, -0.15) is 0 Å². The van der Waals surface area contributed by atoms with E-state index in [1.807, 2.05) is 25.4 Å². The van der Waals surface area contributed by atoms with Crippen LogP contribution in [0.15, 0.2) is 47.4 Å². The minimum atomic E-state index is -0.353. The first-order valence-electron chi connectivity index (χ1n) is 15.9. The van der Waals surface area contributed by atoms with Crippen molar-refractivity contribution in [2.45, 2.75) is 45.1 Å². The molecule has 0 radical (unpaired) electrons. The van der Waals surface area contributed by atoms with E-state index >= 15 is 0 Å². The van der Waals surface area contributed by atoms with Crippen LogP contribution in [0.25, 0.3) is 11.1 Å². The van der Waals surface area contributed by atoms with Gasteiger partial charge in [-0.3, -0.25) is 24.7 Å². The molecular weight excluding hydrogens is 570 g/mol. The number of hydrogen-bond donors (Lipinski definition) is 1. The quantitative estimate of drug-likeness (QED) is 0.430. The van der Waals surface area contributed by atoms with Crippen LogP contribution < -0.4 is 30.1 Å². The van der Waals surface area contributed by atoms with Gasteiger partial charge in [0.05, 0.1) is 19.8 Å². The number of pyridine rings is 1. The second kappa shape index (κ2) is 11.6. The van der Waals surface area contributed by atoms with Gasteiger partial charge < -0.3 is 18.9 Å². The van der Waals surface area contributed by atoms with Crippen LogP contribution in [0.2, 0.25) is 0 Å². The molecule has 3 saturated heterocycles. The van der Waals surface area contributed by atoms with Gasteiger partial charge in [0, 0.05) is 73.8 Å². The van der Waals surface area contributed by atoms with Crippen LogP contribution in [-0.4, -0.2) is 68.3 Å². The number of aryl methyl sites for hydroxylation is 1. The third-order valence-corrected chi connectivity index (χ3v) is 10.3. The molecule has 3 amide bonds. The van der Waals surface area contributed by atoms with Crippen molar-refractivity contribution in [2.24, 2.45) is 12.5 Å². The number of likely N-dealkylation sites (tertiary alicyclic amines) is 1. The first-order valence-corrected chi connectivity index (χ1v) is 15.9. The zero-order valence-electron chi connectivity index (χ0n) is 26.4. The topological polar surface area (TPSA) is 96.3 Å². The van der Waals surface area contributed by atoms with Crippen LogP contribution in [0, 0.1) is 5.41 Å². The molecule has 0 unspecified atom stereocenters. The summed E-state index contributed by atoms with van der Waals surface area (Å²) in [5, 5.41) is 2.41. The normalized spacial score (nSPS) is 19.4. The fraction of sp³-hybridized carbons (Fsp3) is 0.457. The van der Waals surface area contributed by atoms with E-state index in [0.717, 1.165) is 116 Å². The van der Waals surface area contributed by atoms with Gasteiger partial charge in [-0.1, -0.05) is 6.07 Å². The summed E-state index contributed by atoms with van der Waals surface area (Å²) in [5.74, 6) is 1.40. The molecule has 1 aromatic heterocycles. The van der Waals surface area contributed by atoms with Crippen LogP contribution >= 0.6 is 0 Å². The van der Waals surface area contributed by atoms with E-state index in [1.54, 1.807) is 23.7 Å². The highest BCUT2D eigenvalue weighted by molar-refractivity contribution is 6.05. The predicted molar refractivity (Wildman–Crippen MR) is 173 cm³/mol. The van der Waals surface area contributed by atoms with Gasteiger partial charge in [-0.25, -0.2) is 4.79 Å². The highest BCUT2D eigenvalue weighted by atomic mass is 16.5. The SMILES string of the molecule is COc1cc(-c2cn(C)c(=O)c3c2CCC3)cc(OC)c1CN1CCC2(CC1)CN(c1cccc(N3CCC(=O)NC3=O)c1)C2. The number of imide groups is 1. The largest absolute Gasteiger partial charge is 0.496 e. The zero-order valence-corrected chi connectivity index (χ0v) is 26.4. The van der Waals surface area contributed by atoms with E-state index in [9.17, 15) is 14.4 Å². The molecule has 0 saturated carbocycles. The number of aromatic nitrogens is 1. The van der Waals surface area contributed by atoms with Gasteiger partial charge in [0.15, 0.2) is 0 Å². The summed E-state index contributed by atoms with van der Waals surface area (Å²) in [6, 6.07) is 11.9. The second-order valence-corrected chi connectivity index (χ2v) is 13.0. The maximum Gasteiger partial charge on any atom is 0.328 e. The summed E-state index contributed by atoms with van der Waals surface area (Å²) in [5.41, 5.74) is 7.60. The van der Waals surface area contributed by atoms with Crippen LogP contribution in [0.4, 0.5) is 16.2 Å². The van der Waals surface area contributed by atoms with Gasteiger partial charge in [0.1, 0.15) is 11.5 Å². The van der Waals surface area contributed by atoms with E-state index in [4.69, 9.17) is 9.47 Å². The fourth-order valence-electron chi connectivity index (χ4n) is 7.70. The Hall–Kier alpha value is -4.31. The van der Waals surface area contributed by atoms with Crippen molar-refractivity contribution >= 4 is 23.3 Å². The van der Waals surface area contributed by atoms with Gasteiger partial charge >= 0.3 is 6.03 Å². The summed E-state index contributed by atoms with van der Waals surface area (Å²) < 4.78 is 13.6. The molecule has 1 spiro atoms. The average molecular weight is 612 g/mol. The lowest BCUT2D eigenvalue weighted by Crippen LogP contribution is -2.60. The fourth-order valence-corrected chi connectivity index (χ4v) is 7.70. The summed E-state index contributed by atoms with van der Waals surface area (Å²) in [4.78, 5) is 43.2. The third kappa shape index (κ3) is 5.35. The number of piperidine rings is 1. The number of rotatable bonds is 7. The molecule has 45 heavy (non-hydrogen) atoms. The van der Waals surface area contributed by atoms with Gasteiger partial charge in [0.25, 0.3) is 5.56 Å². The molecule has 3 fully saturated rings. The maximum atomic E-state index is 12.7. The van der Waals surface area contributed by atoms with Crippen molar-refractivity contribution in [3.8, 4) is 22.6 Å². The van der Waals surface area contributed by atoms with E-state index in [-0.39, 0.29) is 17.5 Å². The standard InChI is InChI=1S/C35H41N5O5/c1-37-19-28(26-8-5-9-27(26)33(37)42)23-16-30(44-2)29(31(17-23)45-3)20-38-14-11-35(12-15-38)21-39(22-35)24-6-4-7-25(18-24)40-13-10-32(41)36-34(40)43/h4,6-7,16-19H,5,8-15,20-22H2,1-3H3,(H,36,41,43). The van der Waals surface area contributed by atoms with Crippen LogP contribution in [0.5, 0.6) is 11.5 Å². The third-order valence-electron chi connectivity index (χ3n) is 10.3. The number of nitrogens with zero attached hydrogens (tertiary/aromatic N) is 4. The Labute approximate surface area is 263 Å². The number of amides is 3. The van der Waals surface area contributed by atoms with Crippen molar-refractivity contribution < 1.29 is 19.1 Å². The minimum absolute atomic E-state index is 0.109. The highest BCUT2D eigenvalue weighted by Crippen LogP contribution is 2.45. The van der Waals surface area contributed by atoms with Crippen molar-refractivity contribution in [2.75, 3.05) is 56.7 Å². The van der Waals surface area contributed by atoms with E-state index in [0.29, 0.717) is 18.4 Å². The molecule has 4 aliphatic rings. The lowest BCUT2D eigenvalue weighted by atomic mass is 9.71. The first kappa shape index (κ1) is 29.4. The molecule has 10 nitrogen and oxygen atoms in total. The van der Waals surface area contributed by atoms with Crippen LogP contribution in [0.1, 0.15) is 42.4 Å². The number of carbonyl (C=O) groups excluding carboxylic acids is 2. The molecule has 7 rings (SSSR count). The van der Waals surface area contributed by atoms with Crippen molar-refractivity contribution in [1.82, 2.24) is 14.8 Å². The Bertz CT molecular complexity index is 1690. The number of benzene rings is 2. The molecule has 0 bridgehead atoms. The molecule has 1 aliphatic carbocycles. The predicted octanol–water partition coefficient (Wildman–Crippen LogP) is 4.11. The van der Waals surface area contributed by atoms with Crippen molar-refractivity contribution in [1.29, 1.82) is 0 Å². The second-order valence-electron chi connectivity index (χ2n) is 13.0. The van der Waals surface area contributed by atoms with Gasteiger partial charge in [-0.05, 0) is 86.7 Å². The van der Waals surface area contributed by atoms with Crippen molar-refractivity contribution in [3.63, 3.8) is 0 Å². The zero-order chi connectivity index (χ0) is 31.3.